The van der Waals surface area contributed by atoms with Gasteiger partial charge in [-0.05, 0) is 93.7 Å². The van der Waals surface area contributed by atoms with E-state index < -0.39 is 0 Å². The van der Waals surface area contributed by atoms with Crippen LogP contribution in [-0.4, -0.2) is 0 Å². The maximum absolute atomic E-state index is 2.44. The fraction of sp³-hybridized carbons (Fsp3) is 0.222. The van der Waals surface area contributed by atoms with Gasteiger partial charge in [0.05, 0.1) is 0 Å². The Morgan fingerprint density at radius 1 is 0.432 bits per heavy atom. The number of rotatable bonds is 2. The zero-order chi connectivity index (χ0) is 25.7. The zero-order valence-electron chi connectivity index (χ0n) is 22.5. The lowest BCUT2D eigenvalue weighted by Gasteiger charge is -2.22. The van der Waals surface area contributed by atoms with Crippen LogP contribution < -0.4 is 0 Å². The Labute approximate surface area is 224 Å². The predicted molar refractivity (Wildman–Crippen MR) is 160 cm³/mol. The third-order valence-electron chi connectivity index (χ3n) is 8.84. The molecule has 0 nitrogen and oxygen atoms in total. The van der Waals surface area contributed by atoms with Gasteiger partial charge in [-0.25, -0.2) is 0 Å². The molecular formula is C36H32S. The minimum atomic E-state index is 0.0196. The number of hydrogen-bond acceptors (Lipinski definition) is 1. The van der Waals surface area contributed by atoms with Crippen LogP contribution >= 0.6 is 11.3 Å². The van der Waals surface area contributed by atoms with Gasteiger partial charge in [-0.15, -0.1) is 11.3 Å². The molecular weight excluding hydrogens is 464 g/mol. The Hall–Kier alpha value is -3.42. The Morgan fingerprint density at radius 2 is 0.784 bits per heavy atom. The molecule has 182 valence electrons. The van der Waals surface area contributed by atoms with Crippen molar-refractivity contribution in [2.45, 2.75) is 52.4 Å². The third-order valence-corrected chi connectivity index (χ3v) is 10.0. The van der Waals surface area contributed by atoms with Gasteiger partial charge >= 0.3 is 0 Å². The molecule has 1 heteroatoms. The molecule has 0 atom stereocenters. The van der Waals surface area contributed by atoms with E-state index in [0.717, 1.165) is 0 Å². The summed E-state index contributed by atoms with van der Waals surface area (Å²) in [5.74, 6) is 0. The molecule has 0 amide bonds. The van der Waals surface area contributed by atoms with E-state index in [0.29, 0.717) is 0 Å². The first-order valence-corrected chi connectivity index (χ1v) is 14.1. The standard InChI is InChI=1S/C36H32S/c1-21-7-11-25-27-13-9-23(19-31(27)35(3,4)29(25)17-21)33-15-16-34(37-33)24-10-14-28-26-12-8-22(2)18-30(26)36(5,6)32(28)20-24/h7-20H,1-6H3. The van der Waals surface area contributed by atoms with E-state index >= 15 is 0 Å². The molecule has 2 aliphatic rings. The summed E-state index contributed by atoms with van der Waals surface area (Å²) in [7, 11) is 0. The highest BCUT2D eigenvalue weighted by Gasteiger charge is 2.37. The number of fused-ring (bicyclic) bond motifs is 6. The minimum absolute atomic E-state index is 0.0196. The van der Waals surface area contributed by atoms with E-state index in [1.165, 1.54) is 76.5 Å². The van der Waals surface area contributed by atoms with E-state index in [-0.39, 0.29) is 10.8 Å². The second-order valence-electron chi connectivity index (χ2n) is 12.0. The molecule has 5 aromatic rings. The number of thiophene rings is 1. The van der Waals surface area contributed by atoms with Crippen molar-refractivity contribution in [2.75, 3.05) is 0 Å². The van der Waals surface area contributed by atoms with Gasteiger partial charge in [-0.3, -0.25) is 0 Å². The first-order chi connectivity index (χ1) is 17.6. The average molecular weight is 497 g/mol. The van der Waals surface area contributed by atoms with Gasteiger partial charge in [-0.2, -0.15) is 0 Å². The molecule has 0 N–H and O–H groups in total. The molecule has 37 heavy (non-hydrogen) atoms. The number of benzene rings is 4. The quantitative estimate of drug-likeness (QED) is 0.228. The second kappa shape index (κ2) is 7.55. The van der Waals surface area contributed by atoms with Crippen LogP contribution in [0.4, 0.5) is 0 Å². The van der Waals surface area contributed by atoms with Crippen LogP contribution in [0.15, 0.2) is 84.9 Å². The first-order valence-electron chi connectivity index (χ1n) is 13.3. The highest BCUT2D eigenvalue weighted by molar-refractivity contribution is 7.18. The second-order valence-corrected chi connectivity index (χ2v) is 13.1. The maximum Gasteiger partial charge on any atom is 0.0349 e. The fourth-order valence-corrected chi connectivity index (χ4v) is 7.66. The van der Waals surface area contributed by atoms with Crippen molar-refractivity contribution in [3.05, 3.63) is 118 Å². The van der Waals surface area contributed by atoms with Crippen molar-refractivity contribution in [1.29, 1.82) is 0 Å². The molecule has 1 heterocycles. The Morgan fingerprint density at radius 3 is 1.19 bits per heavy atom. The Bertz CT molecular complexity index is 1610. The zero-order valence-corrected chi connectivity index (χ0v) is 23.3. The van der Waals surface area contributed by atoms with Crippen LogP contribution in [0.1, 0.15) is 61.1 Å². The van der Waals surface area contributed by atoms with Gasteiger partial charge in [0.25, 0.3) is 0 Å². The fourth-order valence-electron chi connectivity index (χ4n) is 6.66. The Balaban J connectivity index is 1.27. The molecule has 0 fully saturated rings. The summed E-state index contributed by atoms with van der Waals surface area (Å²) in [6.45, 7) is 13.9. The molecule has 0 bridgehead atoms. The summed E-state index contributed by atoms with van der Waals surface area (Å²) in [5.41, 5.74) is 16.7. The molecule has 0 aliphatic heterocycles. The van der Waals surface area contributed by atoms with Crippen molar-refractivity contribution >= 4 is 11.3 Å². The van der Waals surface area contributed by atoms with Gasteiger partial charge in [0.15, 0.2) is 0 Å². The molecule has 2 aliphatic carbocycles. The van der Waals surface area contributed by atoms with Crippen LogP contribution in [0.5, 0.6) is 0 Å². The highest BCUT2D eigenvalue weighted by Crippen LogP contribution is 2.52. The molecule has 0 unspecified atom stereocenters. The number of aryl methyl sites for hydroxylation is 2. The van der Waals surface area contributed by atoms with E-state index in [9.17, 15) is 0 Å². The summed E-state index contributed by atoms with van der Waals surface area (Å²) in [6, 6.07) is 32.6. The third kappa shape index (κ3) is 3.20. The summed E-state index contributed by atoms with van der Waals surface area (Å²) >= 11 is 1.90. The lowest BCUT2D eigenvalue weighted by atomic mass is 9.81. The van der Waals surface area contributed by atoms with E-state index in [1.54, 1.807) is 0 Å². The number of hydrogen-bond donors (Lipinski definition) is 0. The average Bonchev–Trinajstić information content (AvgIpc) is 3.51. The van der Waals surface area contributed by atoms with Crippen LogP contribution in [0, 0.1) is 13.8 Å². The highest BCUT2D eigenvalue weighted by atomic mass is 32.1. The molecule has 0 spiro atoms. The van der Waals surface area contributed by atoms with Gasteiger partial charge in [0.2, 0.25) is 0 Å². The normalized spacial score (nSPS) is 15.7. The van der Waals surface area contributed by atoms with Crippen LogP contribution in [-0.2, 0) is 10.8 Å². The van der Waals surface area contributed by atoms with Crippen molar-refractivity contribution in [1.82, 2.24) is 0 Å². The van der Waals surface area contributed by atoms with E-state index in [1.807, 2.05) is 11.3 Å². The first kappa shape index (κ1) is 22.8. The Kier molecular flexibility index (Phi) is 4.65. The smallest absolute Gasteiger partial charge is 0.0349 e. The van der Waals surface area contributed by atoms with Gasteiger partial charge in [0.1, 0.15) is 0 Å². The predicted octanol–water partition coefficient (Wildman–Crippen LogP) is 10.3. The SMILES string of the molecule is Cc1ccc2c(c1)C(C)(C)c1cc(-c3ccc(-c4ccc5c(c4)C(C)(C)c4cc(C)ccc4-5)s3)ccc1-2. The van der Waals surface area contributed by atoms with Crippen LogP contribution in [0.2, 0.25) is 0 Å². The minimum Gasteiger partial charge on any atom is -0.135 e. The lowest BCUT2D eigenvalue weighted by Crippen LogP contribution is -2.15. The van der Waals surface area contributed by atoms with Gasteiger partial charge in [-0.1, -0.05) is 99.5 Å². The van der Waals surface area contributed by atoms with Crippen molar-refractivity contribution in [3.8, 4) is 43.1 Å². The summed E-state index contributed by atoms with van der Waals surface area (Å²) < 4.78 is 0. The molecule has 0 saturated heterocycles. The summed E-state index contributed by atoms with van der Waals surface area (Å²) in [6.07, 6.45) is 0. The van der Waals surface area contributed by atoms with Crippen LogP contribution in [0.25, 0.3) is 43.1 Å². The molecule has 1 aromatic heterocycles. The van der Waals surface area contributed by atoms with Gasteiger partial charge in [0, 0.05) is 20.6 Å². The van der Waals surface area contributed by atoms with Crippen molar-refractivity contribution in [2.24, 2.45) is 0 Å². The van der Waals surface area contributed by atoms with Crippen LogP contribution in [0.3, 0.4) is 0 Å². The topological polar surface area (TPSA) is 0 Å². The monoisotopic (exact) mass is 496 g/mol. The molecule has 4 aromatic carbocycles. The van der Waals surface area contributed by atoms with Gasteiger partial charge < -0.3 is 0 Å². The summed E-state index contributed by atoms with van der Waals surface area (Å²) in [5, 5.41) is 0. The van der Waals surface area contributed by atoms with Crippen molar-refractivity contribution in [3.63, 3.8) is 0 Å². The summed E-state index contributed by atoms with van der Waals surface area (Å²) in [4.78, 5) is 2.67. The van der Waals surface area contributed by atoms with E-state index in [4.69, 9.17) is 0 Å². The van der Waals surface area contributed by atoms with Crippen molar-refractivity contribution < 1.29 is 0 Å². The lowest BCUT2D eigenvalue weighted by molar-refractivity contribution is 0.660. The largest absolute Gasteiger partial charge is 0.135 e. The van der Waals surface area contributed by atoms with E-state index in [2.05, 4.69) is 126 Å². The molecule has 0 radical (unpaired) electrons. The maximum atomic E-state index is 2.44. The molecule has 7 rings (SSSR count). The molecule has 0 saturated carbocycles.